The predicted molar refractivity (Wildman–Crippen MR) is 155 cm³/mol. The molecule has 0 heterocycles. The van der Waals surface area contributed by atoms with E-state index in [-0.39, 0.29) is 18.9 Å². The number of benzene rings is 3. The van der Waals surface area contributed by atoms with Crippen LogP contribution in [0.2, 0.25) is 0 Å². The van der Waals surface area contributed by atoms with Gasteiger partial charge in [0.2, 0.25) is 21.8 Å². The topological polar surface area (TPSA) is 86.8 Å². The highest BCUT2D eigenvalue weighted by molar-refractivity contribution is 9.10. The number of amides is 2. The van der Waals surface area contributed by atoms with E-state index in [1.165, 1.54) is 17.0 Å². The fourth-order valence-electron chi connectivity index (χ4n) is 4.01. The lowest BCUT2D eigenvalue weighted by molar-refractivity contribution is -0.140. The average Bonchev–Trinajstić information content (AvgIpc) is 2.85. The fraction of sp³-hybridized carbons (Fsp3) is 0.310. The molecule has 10 heteroatoms. The monoisotopic (exact) mass is 617 g/mol. The Kier molecular flexibility index (Phi) is 9.90. The molecule has 0 radical (unpaired) electrons. The van der Waals surface area contributed by atoms with Gasteiger partial charge in [-0.3, -0.25) is 13.9 Å². The number of halogens is 2. The van der Waals surface area contributed by atoms with Gasteiger partial charge in [-0.2, -0.15) is 0 Å². The number of sulfonamides is 1. The molecular weight excluding hydrogens is 585 g/mol. The van der Waals surface area contributed by atoms with Crippen LogP contribution in [-0.4, -0.2) is 49.5 Å². The van der Waals surface area contributed by atoms with Crippen LogP contribution in [0.5, 0.6) is 0 Å². The number of anilines is 1. The molecule has 0 aliphatic heterocycles. The summed E-state index contributed by atoms with van der Waals surface area (Å²) in [6, 6.07) is 20.5. The Bertz CT molecular complexity index is 1380. The first kappa shape index (κ1) is 30.3. The molecule has 0 unspecified atom stereocenters. The van der Waals surface area contributed by atoms with E-state index in [1.807, 2.05) is 51.1 Å². The second-order valence-corrected chi connectivity index (χ2v) is 13.2. The molecule has 0 aliphatic rings. The number of hydrogen-bond acceptors (Lipinski definition) is 4. The standard InChI is InChI=1S/C29H33BrFN3O4S/c1-29(2,3)32-28(36)26(18-21-8-6-5-7-9-21)33(19-22-10-14-24(31)15-11-22)27(35)20-34(39(4,37)38)25-16-12-23(30)13-17-25/h5-17,26H,18-20H2,1-4H3,(H,32,36)/t26-/m1/s1. The van der Waals surface area contributed by atoms with Gasteiger partial charge in [-0.1, -0.05) is 58.4 Å². The quantitative estimate of drug-likeness (QED) is 0.350. The minimum atomic E-state index is -3.85. The Labute approximate surface area is 238 Å². The van der Waals surface area contributed by atoms with Gasteiger partial charge in [0.05, 0.1) is 11.9 Å². The van der Waals surface area contributed by atoms with Gasteiger partial charge in [0, 0.05) is 23.0 Å². The van der Waals surface area contributed by atoms with Crippen LogP contribution in [0.1, 0.15) is 31.9 Å². The number of nitrogens with one attached hydrogen (secondary N) is 1. The zero-order valence-corrected chi connectivity index (χ0v) is 24.8. The van der Waals surface area contributed by atoms with Crippen LogP contribution in [0, 0.1) is 5.82 Å². The zero-order valence-electron chi connectivity index (χ0n) is 22.4. The van der Waals surface area contributed by atoms with Crippen molar-refractivity contribution >= 4 is 43.5 Å². The average molecular weight is 619 g/mol. The van der Waals surface area contributed by atoms with Crippen molar-refractivity contribution in [2.24, 2.45) is 0 Å². The first-order chi connectivity index (χ1) is 18.2. The van der Waals surface area contributed by atoms with E-state index < -0.39 is 39.9 Å². The van der Waals surface area contributed by atoms with Crippen LogP contribution < -0.4 is 9.62 Å². The summed E-state index contributed by atoms with van der Waals surface area (Å²) >= 11 is 3.34. The summed E-state index contributed by atoms with van der Waals surface area (Å²) in [5.41, 5.74) is 1.17. The number of carbonyl (C=O) groups excluding carboxylic acids is 2. The van der Waals surface area contributed by atoms with Gasteiger partial charge in [-0.05, 0) is 68.3 Å². The highest BCUT2D eigenvalue weighted by atomic mass is 79.9. The molecule has 3 aromatic rings. The van der Waals surface area contributed by atoms with Crippen molar-refractivity contribution in [3.63, 3.8) is 0 Å². The summed E-state index contributed by atoms with van der Waals surface area (Å²) in [4.78, 5) is 29.0. The molecule has 0 spiro atoms. The third-order valence-corrected chi connectivity index (χ3v) is 7.50. The largest absolute Gasteiger partial charge is 0.350 e. The Balaban J connectivity index is 2.06. The Morgan fingerprint density at radius 1 is 0.923 bits per heavy atom. The Morgan fingerprint density at radius 3 is 2.05 bits per heavy atom. The maximum absolute atomic E-state index is 14.0. The fourth-order valence-corrected chi connectivity index (χ4v) is 5.13. The summed E-state index contributed by atoms with van der Waals surface area (Å²) in [7, 11) is -3.85. The van der Waals surface area contributed by atoms with Gasteiger partial charge in [0.25, 0.3) is 0 Å². The summed E-state index contributed by atoms with van der Waals surface area (Å²) in [5.74, 6) is -1.38. The van der Waals surface area contributed by atoms with Crippen LogP contribution in [0.3, 0.4) is 0 Å². The van der Waals surface area contributed by atoms with Crippen molar-refractivity contribution in [2.75, 3.05) is 17.1 Å². The molecule has 0 saturated heterocycles. The highest BCUT2D eigenvalue weighted by Crippen LogP contribution is 2.23. The minimum Gasteiger partial charge on any atom is -0.350 e. The molecule has 0 aromatic heterocycles. The lowest BCUT2D eigenvalue weighted by Gasteiger charge is -2.35. The molecular formula is C29H33BrFN3O4S. The van der Waals surface area contributed by atoms with E-state index in [1.54, 1.807) is 36.4 Å². The third kappa shape index (κ3) is 9.18. The van der Waals surface area contributed by atoms with Crippen LogP contribution in [0.4, 0.5) is 10.1 Å². The number of hydrogen-bond donors (Lipinski definition) is 1. The maximum atomic E-state index is 14.0. The molecule has 0 aliphatic carbocycles. The van der Waals surface area contributed by atoms with Crippen LogP contribution in [-0.2, 0) is 32.6 Å². The third-order valence-electron chi connectivity index (χ3n) is 5.83. The van der Waals surface area contributed by atoms with Crippen LogP contribution in [0.15, 0.2) is 83.3 Å². The van der Waals surface area contributed by atoms with Crippen molar-refractivity contribution in [3.05, 3.63) is 100 Å². The summed E-state index contributed by atoms with van der Waals surface area (Å²) < 4.78 is 41.0. The first-order valence-corrected chi connectivity index (χ1v) is 15.0. The van der Waals surface area contributed by atoms with Crippen LogP contribution >= 0.6 is 15.9 Å². The molecule has 7 nitrogen and oxygen atoms in total. The highest BCUT2D eigenvalue weighted by Gasteiger charge is 2.34. The number of nitrogens with zero attached hydrogens (tertiary/aromatic N) is 2. The first-order valence-electron chi connectivity index (χ1n) is 12.4. The van der Waals surface area contributed by atoms with Crippen LogP contribution in [0.25, 0.3) is 0 Å². The van der Waals surface area contributed by atoms with Gasteiger partial charge in [0.1, 0.15) is 18.4 Å². The molecule has 2 amide bonds. The lowest BCUT2D eigenvalue weighted by atomic mass is 10.0. The maximum Gasteiger partial charge on any atom is 0.244 e. The van der Waals surface area contributed by atoms with Crippen molar-refractivity contribution in [1.29, 1.82) is 0 Å². The van der Waals surface area contributed by atoms with Gasteiger partial charge in [0.15, 0.2) is 0 Å². The molecule has 39 heavy (non-hydrogen) atoms. The molecule has 0 bridgehead atoms. The molecule has 3 aromatic carbocycles. The lowest BCUT2D eigenvalue weighted by Crippen LogP contribution is -2.56. The van der Waals surface area contributed by atoms with E-state index in [4.69, 9.17) is 0 Å². The minimum absolute atomic E-state index is 0.0217. The second-order valence-electron chi connectivity index (χ2n) is 10.3. The normalized spacial score (nSPS) is 12.5. The molecule has 1 atom stereocenters. The van der Waals surface area contributed by atoms with E-state index in [2.05, 4.69) is 21.2 Å². The summed E-state index contributed by atoms with van der Waals surface area (Å²) in [6.45, 7) is 4.99. The van der Waals surface area contributed by atoms with Crippen molar-refractivity contribution in [3.8, 4) is 0 Å². The van der Waals surface area contributed by atoms with E-state index >= 15 is 0 Å². The van der Waals surface area contributed by atoms with Gasteiger partial charge < -0.3 is 10.2 Å². The zero-order chi connectivity index (χ0) is 28.8. The van der Waals surface area contributed by atoms with Crippen molar-refractivity contribution in [1.82, 2.24) is 10.2 Å². The molecule has 3 rings (SSSR count). The Hall–Kier alpha value is -3.24. The summed E-state index contributed by atoms with van der Waals surface area (Å²) in [5, 5.41) is 2.96. The molecule has 0 saturated carbocycles. The van der Waals surface area contributed by atoms with Crippen molar-refractivity contribution in [2.45, 2.75) is 45.3 Å². The van der Waals surface area contributed by atoms with E-state index in [9.17, 15) is 22.4 Å². The van der Waals surface area contributed by atoms with Crippen molar-refractivity contribution < 1.29 is 22.4 Å². The summed E-state index contributed by atoms with van der Waals surface area (Å²) in [6.07, 6.45) is 1.23. The number of rotatable bonds is 10. The molecule has 1 N–H and O–H groups in total. The second kappa shape index (κ2) is 12.7. The van der Waals surface area contributed by atoms with E-state index in [0.29, 0.717) is 11.3 Å². The SMILES string of the molecule is CC(C)(C)NC(=O)[C@@H](Cc1ccccc1)N(Cc1ccc(F)cc1)C(=O)CN(c1ccc(Br)cc1)S(C)(=O)=O. The Morgan fingerprint density at radius 2 is 1.51 bits per heavy atom. The molecule has 208 valence electrons. The predicted octanol–water partition coefficient (Wildman–Crippen LogP) is 4.91. The van der Waals surface area contributed by atoms with Gasteiger partial charge in [-0.15, -0.1) is 0 Å². The smallest absolute Gasteiger partial charge is 0.244 e. The van der Waals surface area contributed by atoms with Gasteiger partial charge in [-0.25, -0.2) is 12.8 Å². The van der Waals surface area contributed by atoms with E-state index in [0.717, 1.165) is 20.6 Å². The number of carbonyl (C=O) groups is 2. The van der Waals surface area contributed by atoms with Gasteiger partial charge >= 0.3 is 0 Å². The molecule has 0 fully saturated rings.